The van der Waals surface area contributed by atoms with E-state index in [-0.39, 0.29) is 0 Å². The second-order valence-corrected chi connectivity index (χ2v) is 4.16. The van der Waals surface area contributed by atoms with Crippen LogP contribution in [0.5, 0.6) is 5.75 Å². The van der Waals surface area contributed by atoms with Crippen LogP contribution in [0, 0.1) is 0 Å². The van der Waals surface area contributed by atoms with Crippen LogP contribution in [-0.2, 0) is 11.4 Å². The SMILES string of the molecule is C=Cc1cccc(CO/N=[C]\c2cccc(OC)c2)c1. The Hall–Kier alpha value is -2.55. The van der Waals surface area contributed by atoms with Crippen molar-refractivity contribution in [2.75, 3.05) is 7.11 Å². The highest BCUT2D eigenvalue weighted by Gasteiger charge is 1.95. The number of rotatable bonds is 6. The standard InChI is InChI=1S/C17H16NO2/c1-3-14-6-4-8-16(10-14)13-20-18-12-15-7-5-9-17(11-15)19-2/h3-11H,1,13H2,2H3. The molecule has 3 nitrogen and oxygen atoms in total. The molecule has 0 aliphatic heterocycles. The summed E-state index contributed by atoms with van der Waals surface area (Å²) >= 11 is 0. The summed E-state index contributed by atoms with van der Waals surface area (Å²) in [4.78, 5) is 5.24. The third-order valence-corrected chi connectivity index (χ3v) is 2.73. The van der Waals surface area contributed by atoms with Gasteiger partial charge in [-0.1, -0.05) is 48.1 Å². The molecule has 0 atom stereocenters. The lowest BCUT2D eigenvalue weighted by Crippen LogP contribution is -1.89. The van der Waals surface area contributed by atoms with Crippen molar-refractivity contribution in [3.05, 3.63) is 71.8 Å². The fourth-order valence-corrected chi connectivity index (χ4v) is 1.69. The van der Waals surface area contributed by atoms with Crippen LogP contribution in [0.3, 0.4) is 0 Å². The van der Waals surface area contributed by atoms with E-state index in [4.69, 9.17) is 9.57 Å². The molecule has 0 heterocycles. The number of hydrogen-bond acceptors (Lipinski definition) is 3. The molecule has 2 aromatic carbocycles. The van der Waals surface area contributed by atoms with Crippen molar-refractivity contribution >= 4 is 12.3 Å². The van der Waals surface area contributed by atoms with Gasteiger partial charge in [0.25, 0.3) is 0 Å². The number of hydrogen-bond donors (Lipinski definition) is 0. The van der Waals surface area contributed by atoms with Crippen molar-refractivity contribution in [2.24, 2.45) is 5.16 Å². The highest BCUT2D eigenvalue weighted by Crippen LogP contribution is 2.11. The van der Waals surface area contributed by atoms with Gasteiger partial charge in [0.05, 0.1) is 7.11 Å². The van der Waals surface area contributed by atoms with Crippen LogP contribution in [0.25, 0.3) is 6.08 Å². The maximum Gasteiger partial charge on any atom is 0.142 e. The Labute approximate surface area is 119 Å². The Bertz CT molecular complexity index is 605. The van der Waals surface area contributed by atoms with E-state index in [0.29, 0.717) is 6.61 Å². The molecule has 101 valence electrons. The first-order chi connectivity index (χ1) is 9.81. The molecule has 0 saturated carbocycles. The predicted molar refractivity (Wildman–Crippen MR) is 80.9 cm³/mol. The summed E-state index contributed by atoms with van der Waals surface area (Å²) in [7, 11) is 1.62. The number of methoxy groups -OCH3 is 1. The minimum atomic E-state index is 0.401. The van der Waals surface area contributed by atoms with Crippen molar-refractivity contribution in [1.29, 1.82) is 0 Å². The normalized spacial score (nSPS) is 10.4. The first kappa shape index (κ1) is 13.9. The average Bonchev–Trinajstić information content (AvgIpc) is 2.52. The maximum atomic E-state index is 5.24. The van der Waals surface area contributed by atoms with Crippen LogP contribution in [0.4, 0.5) is 0 Å². The van der Waals surface area contributed by atoms with E-state index >= 15 is 0 Å². The van der Waals surface area contributed by atoms with E-state index in [2.05, 4.69) is 17.9 Å². The van der Waals surface area contributed by atoms with Crippen LogP contribution < -0.4 is 4.74 Å². The van der Waals surface area contributed by atoms with Gasteiger partial charge >= 0.3 is 0 Å². The first-order valence-corrected chi connectivity index (χ1v) is 6.25. The molecule has 0 amide bonds. The number of ether oxygens (including phenoxy) is 1. The minimum absolute atomic E-state index is 0.401. The van der Waals surface area contributed by atoms with Gasteiger partial charge in [-0.05, 0) is 29.3 Å². The summed E-state index contributed by atoms with van der Waals surface area (Å²) < 4.78 is 5.12. The third kappa shape index (κ3) is 3.99. The van der Waals surface area contributed by atoms with E-state index in [1.54, 1.807) is 13.2 Å². The summed E-state index contributed by atoms with van der Waals surface area (Å²) in [5, 5.41) is 3.84. The molecular weight excluding hydrogens is 250 g/mol. The summed E-state index contributed by atoms with van der Waals surface area (Å²) in [5.74, 6) is 0.767. The van der Waals surface area contributed by atoms with Crippen LogP contribution in [0.15, 0.2) is 60.3 Å². The average molecular weight is 266 g/mol. The number of nitrogens with zero attached hydrogens (tertiary/aromatic N) is 1. The molecule has 2 rings (SSSR count). The number of benzene rings is 2. The minimum Gasteiger partial charge on any atom is -0.497 e. The Kier molecular flexibility index (Phi) is 4.95. The topological polar surface area (TPSA) is 30.8 Å². The zero-order valence-corrected chi connectivity index (χ0v) is 11.4. The van der Waals surface area contributed by atoms with E-state index in [1.807, 2.05) is 48.5 Å². The zero-order chi connectivity index (χ0) is 14.2. The molecule has 3 heteroatoms. The van der Waals surface area contributed by atoms with E-state index < -0.39 is 0 Å². The van der Waals surface area contributed by atoms with E-state index in [9.17, 15) is 0 Å². The molecule has 1 radical (unpaired) electrons. The van der Waals surface area contributed by atoms with Crippen LogP contribution in [-0.4, -0.2) is 13.3 Å². The van der Waals surface area contributed by atoms with E-state index in [0.717, 1.165) is 22.4 Å². The Morgan fingerprint density at radius 2 is 2.05 bits per heavy atom. The summed E-state index contributed by atoms with van der Waals surface area (Å²) in [6, 6.07) is 15.4. The monoisotopic (exact) mass is 266 g/mol. The first-order valence-electron chi connectivity index (χ1n) is 6.25. The molecule has 0 spiro atoms. The van der Waals surface area contributed by atoms with Gasteiger partial charge in [-0.15, -0.1) is 0 Å². The van der Waals surface area contributed by atoms with Gasteiger partial charge < -0.3 is 9.57 Å². The van der Waals surface area contributed by atoms with Crippen molar-refractivity contribution in [2.45, 2.75) is 6.61 Å². The van der Waals surface area contributed by atoms with Crippen molar-refractivity contribution in [1.82, 2.24) is 0 Å². The fraction of sp³-hybridized carbons (Fsp3) is 0.118. The van der Waals surface area contributed by atoms with Gasteiger partial charge in [-0.3, -0.25) is 0 Å². The smallest absolute Gasteiger partial charge is 0.142 e. The molecule has 20 heavy (non-hydrogen) atoms. The molecule has 0 aliphatic carbocycles. The summed E-state index contributed by atoms with van der Waals surface area (Å²) in [6.45, 7) is 4.14. The predicted octanol–water partition coefficient (Wildman–Crippen LogP) is 3.77. The van der Waals surface area contributed by atoms with E-state index in [1.165, 1.54) is 0 Å². The Balaban J connectivity index is 1.91. The molecule has 2 aromatic rings. The zero-order valence-electron chi connectivity index (χ0n) is 11.4. The summed E-state index contributed by atoms with van der Waals surface area (Å²) in [6.07, 6.45) is 4.62. The van der Waals surface area contributed by atoms with Gasteiger partial charge in [0.1, 0.15) is 18.6 Å². The lowest BCUT2D eigenvalue weighted by Gasteiger charge is -2.01. The van der Waals surface area contributed by atoms with Crippen LogP contribution >= 0.6 is 0 Å². The quantitative estimate of drug-likeness (QED) is 0.588. The van der Waals surface area contributed by atoms with Gasteiger partial charge in [0, 0.05) is 5.56 Å². The Morgan fingerprint density at radius 3 is 2.85 bits per heavy atom. The highest BCUT2D eigenvalue weighted by molar-refractivity contribution is 5.79. The van der Waals surface area contributed by atoms with Gasteiger partial charge in [0.2, 0.25) is 0 Å². The highest BCUT2D eigenvalue weighted by atomic mass is 16.6. The van der Waals surface area contributed by atoms with Crippen molar-refractivity contribution in [3.63, 3.8) is 0 Å². The molecule has 0 fully saturated rings. The molecule has 0 N–H and O–H groups in total. The van der Waals surface area contributed by atoms with Crippen molar-refractivity contribution < 1.29 is 9.57 Å². The fourth-order valence-electron chi connectivity index (χ4n) is 1.69. The van der Waals surface area contributed by atoms with Crippen molar-refractivity contribution in [3.8, 4) is 5.75 Å². The van der Waals surface area contributed by atoms with Crippen LogP contribution in [0.2, 0.25) is 0 Å². The lowest BCUT2D eigenvalue weighted by atomic mass is 10.1. The largest absolute Gasteiger partial charge is 0.497 e. The van der Waals surface area contributed by atoms with Gasteiger partial charge in [-0.2, -0.15) is 0 Å². The molecule has 0 bridgehead atoms. The van der Waals surface area contributed by atoms with Gasteiger partial charge in [-0.25, -0.2) is 0 Å². The maximum absolute atomic E-state index is 5.24. The molecule has 0 unspecified atom stereocenters. The second-order valence-electron chi connectivity index (χ2n) is 4.16. The molecular formula is C17H16NO2. The molecule has 0 aromatic heterocycles. The Morgan fingerprint density at radius 1 is 1.20 bits per heavy atom. The second kappa shape index (κ2) is 7.14. The van der Waals surface area contributed by atoms with Gasteiger partial charge in [0.15, 0.2) is 0 Å². The molecule has 0 aliphatic rings. The lowest BCUT2D eigenvalue weighted by molar-refractivity contribution is 0.132. The third-order valence-electron chi connectivity index (χ3n) is 2.73. The molecule has 0 saturated heterocycles. The van der Waals surface area contributed by atoms with Crippen LogP contribution in [0.1, 0.15) is 16.7 Å². The summed E-state index contributed by atoms with van der Waals surface area (Å²) in [5.41, 5.74) is 2.91.